The van der Waals surface area contributed by atoms with Crippen molar-refractivity contribution in [3.05, 3.63) is 49.8 Å². The fraction of sp³-hybridized carbons (Fsp3) is 0.526. The Balaban J connectivity index is 1.28. The van der Waals surface area contributed by atoms with Crippen LogP contribution in [0.1, 0.15) is 12.5 Å². The number of halogens is 1. The number of imidazole rings is 1. The van der Waals surface area contributed by atoms with Crippen LogP contribution in [0, 0.1) is 0 Å². The van der Waals surface area contributed by atoms with Crippen molar-refractivity contribution in [2.75, 3.05) is 18.9 Å². The van der Waals surface area contributed by atoms with Crippen LogP contribution in [0.25, 0.3) is 11.2 Å². The third-order valence-corrected chi connectivity index (χ3v) is 7.28. The van der Waals surface area contributed by atoms with Gasteiger partial charge >= 0.3 is 13.5 Å². The van der Waals surface area contributed by atoms with Crippen molar-refractivity contribution in [2.24, 2.45) is 0 Å². The fourth-order valence-electron chi connectivity index (χ4n) is 4.40. The number of aliphatic hydroxyl groups is 3. The standard InChI is InChI=1S/C19H23FN7O12P/c20-9-13(6(3-28)37-16(9)27-5-22-10-14(27)24-18(21)25-15(10)32)39-40(34,35)36-4-7-11(30)12(31)17(38-7)26-2-1-8(29)23-19(26)33/h1-2,5-7,9,11-13,16-17,28,30-31H,3-4H2,(H,34,35)(H,23,29,33)(H3,21,24,25,32). The van der Waals surface area contributed by atoms with Gasteiger partial charge in [0.25, 0.3) is 11.1 Å². The molecule has 8 N–H and O–H groups in total. The number of fused-ring (bicyclic) bond motifs is 1. The molecule has 0 spiro atoms. The van der Waals surface area contributed by atoms with E-state index >= 15 is 4.39 Å². The molecule has 2 aliphatic heterocycles. The van der Waals surface area contributed by atoms with Gasteiger partial charge in [0, 0.05) is 12.3 Å². The summed E-state index contributed by atoms with van der Waals surface area (Å²) in [5.41, 5.74) is 2.83. The Labute approximate surface area is 220 Å². The number of H-pyrrole nitrogens is 2. The first-order valence-corrected chi connectivity index (χ1v) is 13.0. The minimum absolute atomic E-state index is 0.156. The SMILES string of the molecule is Nc1nc2c(ncn2C2OC(CO)C(OP(=O)(O)OCC3OC(n4ccc(=O)[nH]c4=O)C(O)C3O)C2F)c(=O)[nH]1. The van der Waals surface area contributed by atoms with Crippen molar-refractivity contribution in [1.29, 1.82) is 0 Å². The number of aromatic amines is 2. The molecule has 0 aromatic carbocycles. The number of nitrogens with zero attached hydrogens (tertiary/aromatic N) is 4. The molecule has 40 heavy (non-hydrogen) atoms. The number of anilines is 1. The molecular weight excluding hydrogens is 568 g/mol. The number of ether oxygens (including phenoxy) is 2. The quantitative estimate of drug-likeness (QED) is 0.126. The van der Waals surface area contributed by atoms with Crippen LogP contribution in [0.15, 0.2) is 33.0 Å². The molecule has 2 fully saturated rings. The van der Waals surface area contributed by atoms with Crippen LogP contribution >= 0.6 is 7.82 Å². The van der Waals surface area contributed by atoms with E-state index in [0.717, 1.165) is 27.7 Å². The summed E-state index contributed by atoms with van der Waals surface area (Å²) in [5.74, 6) is -0.290. The number of phosphoric ester groups is 1. The highest BCUT2D eigenvalue weighted by Crippen LogP contribution is 2.49. The minimum atomic E-state index is -5.14. The number of hydrogen-bond donors (Lipinski definition) is 7. The molecule has 5 heterocycles. The third kappa shape index (κ3) is 5.11. The molecule has 5 rings (SSSR count). The molecule has 3 aromatic heterocycles. The maximum absolute atomic E-state index is 15.5. The molecule has 9 unspecified atom stereocenters. The van der Waals surface area contributed by atoms with Gasteiger partial charge in [-0.25, -0.2) is 18.7 Å². The predicted molar refractivity (Wildman–Crippen MR) is 126 cm³/mol. The van der Waals surface area contributed by atoms with Crippen LogP contribution in [0.2, 0.25) is 0 Å². The van der Waals surface area contributed by atoms with E-state index in [4.69, 9.17) is 24.3 Å². The number of aromatic nitrogens is 6. The number of phosphoric acid groups is 1. The summed E-state index contributed by atoms with van der Waals surface area (Å²) in [6, 6.07) is 0.973. The maximum atomic E-state index is 15.5. The smallest absolute Gasteiger partial charge is 0.394 e. The first-order chi connectivity index (χ1) is 18.9. The first-order valence-electron chi connectivity index (χ1n) is 11.5. The summed E-state index contributed by atoms with van der Waals surface area (Å²) in [7, 11) is -5.14. The molecule has 2 aliphatic rings. The van der Waals surface area contributed by atoms with Gasteiger partial charge in [0.1, 0.15) is 30.5 Å². The van der Waals surface area contributed by atoms with E-state index in [1.165, 1.54) is 0 Å². The number of nitrogens with one attached hydrogen (secondary N) is 2. The van der Waals surface area contributed by atoms with Crippen molar-refractivity contribution in [2.45, 2.75) is 49.1 Å². The molecule has 0 aliphatic carbocycles. The fourth-order valence-corrected chi connectivity index (χ4v) is 5.35. The van der Waals surface area contributed by atoms with Gasteiger partial charge in [-0.05, 0) is 0 Å². The van der Waals surface area contributed by atoms with E-state index in [0.29, 0.717) is 0 Å². The van der Waals surface area contributed by atoms with E-state index in [1.807, 2.05) is 4.98 Å². The number of alkyl halides is 1. The minimum Gasteiger partial charge on any atom is -0.394 e. The second kappa shape index (κ2) is 10.6. The highest BCUT2D eigenvalue weighted by atomic mass is 31.2. The van der Waals surface area contributed by atoms with Crippen molar-refractivity contribution in [3.63, 3.8) is 0 Å². The van der Waals surface area contributed by atoms with Gasteiger partial charge in [-0.1, -0.05) is 0 Å². The lowest BCUT2D eigenvalue weighted by Gasteiger charge is -2.22. The first kappa shape index (κ1) is 28.2. The third-order valence-electron chi connectivity index (χ3n) is 6.29. The average Bonchev–Trinajstić information content (AvgIpc) is 3.53. The predicted octanol–water partition coefficient (Wildman–Crippen LogP) is -3.40. The van der Waals surface area contributed by atoms with E-state index < -0.39 is 87.0 Å². The van der Waals surface area contributed by atoms with Crippen LogP contribution in [0.4, 0.5) is 10.3 Å². The van der Waals surface area contributed by atoms with Crippen LogP contribution in [0.5, 0.6) is 0 Å². The summed E-state index contributed by atoms with van der Waals surface area (Å²) in [6.07, 6.45) is -11.5. The summed E-state index contributed by atoms with van der Waals surface area (Å²) in [4.78, 5) is 57.5. The summed E-state index contributed by atoms with van der Waals surface area (Å²) in [6.45, 7) is -1.72. The number of nitrogens with two attached hydrogens (primary N) is 1. The Kier molecular flexibility index (Phi) is 7.46. The zero-order valence-electron chi connectivity index (χ0n) is 20.0. The molecule has 0 amide bonds. The molecule has 0 saturated carbocycles. The van der Waals surface area contributed by atoms with E-state index in [1.54, 1.807) is 0 Å². The number of aliphatic hydroxyl groups excluding tert-OH is 3. The van der Waals surface area contributed by atoms with E-state index in [2.05, 4.69) is 15.0 Å². The van der Waals surface area contributed by atoms with Gasteiger partial charge < -0.3 is 35.4 Å². The molecule has 0 radical (unpaired) electrons. The van der Waals surface area contributed by atoms with Gasteiger partial charge in [0.15, 0.2) is 29.8 Å². The van der Waals surface area contributed by atoms with Gasteiger partial charge in [0.05, 0.1) is 19.5 Å². The molecule has 3 aromatic rings. The number of hydrogen-bond acceptors (Lipinski definition) is 14. The molecule has 218 valence electrons. The summed E-state index contributed by atoms with van der Waals surface area (Å²) in [5, 5.41) is 30.3. The van der Waals surface area contributed by atoms with Crippen LogP contribution in [-0.4, -0.2) is 99.2 Å². The molecule has 21 heteroatoms. The molecule has 2 saturated heterocycles. The molecule has 9 atom stereocenters. The summed E-state index contributed by atoms with van der Waals surface area (Å²) >= 11 is 0. The van der Waals surface area contributed by atoms with Crippen LogP contribution < -0.4 is 22.5 Å². The van der Waals surface area contributed by atoms with Gasteiger partial charge in [-0.15, -0.1) is 0 Å². The molecular formula is C19H23FN7O12P. The topological polar surface area (TPSA) is 279 Å². The molecule has 19 nitrogen and oxygen atoms in total. The Morgan fingerprint density at radius 3 is 2.55 bits per heavy atom. The van der Waals surface area contributed by atoms with E-state index in [9.17, 15) is 39.2 Å². The Hall–Kier alpha value is -3.33. The van der Waals surface area contributed by atoms with Gasteiger partial charge in [0.2, 0.25) is 5.95 Å². The Bertz CT molecular complexity index is 1620. The maximum Gasteiger partial charge on any atom is 0.472 e. The van der Waals surface area contributed by atoms with Gasteiger partial charge in [-0.2, -0.15) is 4.98 Å². The zero-order chi connectivity index (χ0) is 28.9. The second-order valence-corrected chi connectivity index (χ2v) is 10.3. The van der Waals surface area contributed by atoms with Crippen LogP contribution in [-0.2, 0) is 23.1 Å². The largest absolute Gasteiger partial charge is 0.472 e. The van der Waals surface area contributed by atoms with Crippen molar-refractivity contribution in [3.8, 4) is 0 Å². The Morgan fingerprint density at radius 2 is 1.85 bits per heavy atom. The Morgan fingerprint density at radius 1 is 1.12 bits per heavy atom. The lowest BCUT2D eigenvalue weighted by molar-refractivity contribution is -0.0610. The summed E-state index contributed by atoms with van der Waals surface area (Å²) < 4.78 is 50.6. The van der Waals surface area contributed by atoms with Crippen molar-refractivity contribution in [1.82, 2.24) is 29.1 Å². The van der Waals surface area contributed by atoms with Crippen molar-refractivity contribution < 1.29 is 47.7 Å². The normalized spacial score (nSPS) is 32.0. The average molecular weight is 591 g/mol. The van der Waals surface area contributed by atoms with Crippen LogP contribution in [0.3, 0.4) is 0 Å². The van der Waals surface area contributed by atoms with E-state index in [-0.39, 0.29) is 17.1 Å². The van der Waals surface area contributed by atoms with Gasteiger partial charge in [-0.3, -0.25) is 37.7 Å². The molecule has 0 bridgehead atoms. The highest BCUT2D eigenvalue weighted by molar-refractivity contribution is 7.47. The second-order valence-electron chi connectivity index (χ2n) is 8.87. The highest BCUT2D eigenvalue weighted by Gasteiger charge is 2.51. The number of rotatable bonds is 8. The van der Waals surface area contributed by atoms with Crippen molar-refractivity contribution >= 4 is 24.9 Å². The zero-order valence-corrected chi connectivity index (χ0v) is 20.9. The lowest BCUT2D eigenvalue weighted by Crippen LogP contribution is -2.37. The monoisotopic (exact) mass is 591 g/mol. The lowest BCUT2D eigenvalue weighted by atomic mass is 10.1. The number of nitrogen functional groups attached to an aromatic ring is 1.